The number of benzene rings is 1. The first-order valence-corrected chi connectivity index (χ1v) is 6.41. The van der Waals surface area contributed by atoms with Gasteiger partial charge < -0.3 is 4.74 Å². The van der Waals surface area contributed by atoms with Crippen molar-refractivity contribution in [2.75, 3.05) is 6.61 Å². The van der Waals surface area contributed by atoms with Crippen molar-refractivity contribution in [1.29, 1.82) is 0 Å². The predicted molar refractivity (Wildman–Crippen MR) is 73.0 cm³/mol. The zero-order chi connectivity index (χ0) is 13.8. The molecule has 0 bridgehead atoms. The molecule has 1 rings (SSSR count). The number of hydrogen-bond donors (Lipinski definition) is 0. The van der Waals surface area contributed by atoms with Crippen molar-refractivity contribution in [3.05, 3.63) is 35.4 Å². The molecule has 3 nitrogen and oxygen atoms in total. The number of ether oxygens (including phenoxy) is 1. The second-order valence-corrected chi connectivity index (χ2v) is 3.81. The number of unbranched alkanes of at least 4 members (excludes halogenated alkanes) is 2. The Morgan fingerprint density at radius 1 is 1.11 bits per heavy atom. The molecule has 0 saturated heterocycles. The van der Waals surface area contributed by atoms with Gasteiger partial charge in [-0.05, 0) is 19.1 Å². The van der Waals surface area contributed by atoms with Crippen molar-refractivity contribution in [2.24, 2.45) is 0 Å². The Bertz CT molecular complexity index is 339. The lowest BCUT2D eigenvalue weighted by molar-refractivity contribution is 0.0526. The lowest BCUT2D eigenvalue weighted by Gasteiger charge is -2.00. The zero-order valence-corrected chi connectivity index (χ0v) is 11.4. The molecule has 0 atom stereocenters. The van der Waals surface area contributed by atoms with E-state index in [-0.39, 0.29) is 5.97 Å². The van der Waals surface area contributed by atoms with Crippen LogP contribution < -0.4 is 0 Å². The first-order valence-electron chi connectivity index (χ1n) is 6.41. The van der Waals surface area contributed by atoms with Crippen LogP contribution in [-0.2, 0) is 4.74 Å². The maximum Gasteiger partial charge on any atom is 0.338 e. The number of carbonyl (C=O) groups excluding carboxylic acids is 2. The van der Waals surface area contributed by atoms with E-state index in [1.807, 2.05) is 0 Å². The van der Waals surface area contributed by atoms with Gasteiger partial charge in [0.25, 0.3) is 0 Å². The third-order valence-electron chi connectivity index (χ3n) is 2.27. The number of aldehydes is 1. The Labute approximate surface area is 109 Å². The molecule has 0 fully saturated rings. The fourth-order valence-electron chi connectivity index (χ4n) is 1.27. The monoisotopic (exact) mass is 250 g/mol. The van der Waals surface area contributed by atoms with E-state index in [0.29, 0.717) is 17.7 Å². The zero-order valence-electron chi connectivity index (χ0n) is 11.4. The smallest absolute Gasteiger partial charge is 0.338 e. The summed E-state index contributed by atoms with van der Waals surface area (Å²) in [5.74, 6) is -0.361. The molecular weight excluding hydrogens is 228 g/mol. The van der Waals surface area contributed by atoms with E-state index in [0.717, 1.165) is 6.29 Å². The van der Waals surface area contributed by atoms with E-state index in [1.165, 1.54) is 19.3 Å². The molecule has 0 radical (unpaired) electrons. The van der Waals surface area contributed by atoms with Crippen LogP contribution in [0.15, 0.2) is 24.3 Å². The number of hydrogen-bond acceptors (Lipinski definition) is 3. The van der Waals surface area contributed by atoms with E-state index in [1.54, 1.807) is 31.2 Å². The predicted octanol–water partition coefficient (Wildman–Crippen LogP) is 3.87. The van der Waals surface area contributed by atoms with Crippen molar-refractivity contribution in [1.82, 2.24) is 0 Å². The van der Waals surface area contributed by atoms with Gasteiger partial charge in [-0.25, -0.2) is 4.79 Å². The average Bonchev–Trinajstić information content (AvgIpc) is 2.41. The Hall–Kier alpha value is -1.64. The van der Waals surface area contributed by atoms with Crippen LogP contribution in [0.2, 0.25) is 0 Å². The summed E-state index contributed by atoms with van der Waals surface area (Å²) in [7, 11) is 0. The second-order valence-electron chi connectivity index (χ2n) is 3.81. The molecule has 0 N–H and O–H groups in total. The fraction of sp³-hybridized carbons (Fsp3) is 0.467. The summed E-state index contributed by atoms with van der Waals surface area (Å²) in [5.41, 5.74) is 1.01. The highest BCUT2D eigenvalue weighted by Crippen LogP contribution is 2.03. The highest BCUT2D eigenvalue weighted by Gasteiger charge is 2.04. The summed E-state index contributed by atoms with van der Waals surface area (Å²) in [5, 5.41) is 0. The molecule has 0 unspecified atom stereocenters. The van der Waals surface area contributed by atoms with Crippen LogP contribution in [0.25, 0.3) is 0 Å². The molecule has 1 aromatic carbocycles. The first kappa shape index (κ1) is 16.4. The Morgan fingerprint density at radius 3 is 2.00 bits per heavy atom. The Balaban J connectivity index is 0.000000494. The normalized spacial score (nSPS) is 9.06. The summed E-state index contributed by atoms with van der Waals surface area (Å²) >= 11 is 0. The first-order chi connectivity index (χ1) is 8.69. The molecule has 0 amide bonds. The van der Waals surface area contributed by atoms with Gasteiger partial charge in [0.2, 0.25) is 0 Å². The van der Waals surface area contributed by atoms with Gasteiger partial charge in [0.15, 0.2) is 0 Å². The SMILES string of the molecule is CCCCC.CCOC(=O)c1ccc(C=O)cc1. The average molecular weight is 250 g/mol. The van der Waals surface area contributed by atoms with Crippen molar-refractivity contribution in [3.63, 3.8) is 0 Å². The second kappa shape index (κ2) is 10.5. The molecule has 0 aliphatic heterocycles. The van der Waals surface area contributed by atoms with E-state index < -0.39 is 0 Å². The summed E-state index contributed by atoms with van der Waals surface area (Å²) in [6.45, 7) is 6.53. The van der Waals surface area contributed by atoms with Gasteiger partial charge in [0, 0.05) is 5.56 Å². The van der Waals surface area contributed by atoms with E-state index in [9.17, 15) is 9.59 Å². The van der Waals surface area contributed by atoms with Crippen LogP contribution in [-0.4, -0.2) is 18.9 Å². The van der Waals surface area contributed by atoms with Crippen molar-refractivity contribution >= 4 is 12.3 Å². The van der Waals surface area contributed by atoms with Gasteiger partial charge in [-0.15, -0.1) is 0 Å². The molecule has 18 heavy (non-hydrogen) atoms. The highest BCUT2D eigenvalue weighted by atomic mass is 16.5. The molecular formula is C15H22O3. The number of rotatable bonds is 5. The highest BCUT2D eigenvalue weighted by molar-refractivity contribution is 5.90. The van der Waals surface area contributed by atoms with E-state index in [2.05, 4.69) is 13.8 Å². The molecule has 3 heteroatoms. The minimum atomic E-state index is -0.361. The largest absolute Gasteiger partial charge is 0.462 e. The summed E-state index contributed by atoms with van der Waals surface area (Å²) in [6.07, 6.45) is 4.81. The minimum Gasteiger partial charge on any atom is -0.462 e. The van der Waals surface area contributed by atoms with E-state index in [4.69, 9.17) is 4.74 Å². The van der Waals surface area contributed by atoms with Crippen molar-refractivity contribution in [2.45, 2.75) is 40.0 Å². The number of carbonyl (C=O) groups is 2. The van der Waals surface area contributed by atoms with Gasteiger partial charge in [-0.2, -0.15) is 0 Å². The molecule has 0 heterocycles. The molecule has 1 aromatic rings. The van der Waals surface area contributed by atoms with Gasteiger partial charge in [0.05, 0.1) is 12.2 Å². The quantitative estimate of drug-likeness (QED) is 0.588. The Morgan fingerprint density at radius 2 is 1.67 bits per heavy atom. The summed E-state index contributed by atoms with van der Waals surface area (Å²) in [4.78, 5) is 21.4. The van der Waals surface area contributed by atoms with Gasteiger partial charge in [-0.3, -0.25) is 4.79 Å². The third-order valence-corrected chi connectivity index (χ3v) is 2.27. The molecule has 0 aromatic heterocycles. The molecule has 100 valence electrons. The maximum absolute atomic E-state index is 11.1. The fourth-order valence-corrected chi connectivity index (χ4v) is 1.27. The molecule has 0 aliphatic carbocycles. The molecule has 0 saturated carbocycles. The van der Waals surface area contributed by atoms with Crippen molar-refractivity contribution in [3.8, 4) is 0 Å². The van der Waals surface area contributed by atoms with Gasteiger partial charge >= 0.3 is 5.97 Å². The number of esters is 1. The lowest BCUT2D eigenvalue weighted by atomic mass is 10.1. The Kier molecular flexibility index (Phi) is 9.55. The van der Waals surface area contributed by atoms with Gasteiger partial charge in [-0.1, -0.05) is 45.2 Å². The van der Waals surface area contributed by atoms with Crippen molar-refractivity contribution < 1.29 is 14.3 Å². The summed E-state index contributed by atoms with van der Waals surface area (Å²) < 4.78 is 4.77. The van der Waals surface area contributed by atoms with Crippen LogP contribution in [0.4, 0.5) is 0 Å². The minimum absolute atomic E-state index is 0.355. The van der Waals surface area contributed by atoms with Gasteiger partial charge in [0.1, 0.15) is 6.29 Å². The lowest BCUT2D eigenvalue weighted by Crippen LogP contribution is -2.04. The van der Waals surface area contributed by atoms with Crippen LogP contribution in [0.1, 0.15) is 60.7 Å². The van der Waals surface area contributed by atoms with Crippen LogP contribution in [0.5, 0.6) is 0 Å². The standard InChI is InChI=1S/C10H10O3.C5H12/c1-2-13-10(12)9-5-3-8(7-11)4-6-9;1-3-5-4-2/h3-7H,2H2,1H3;3-5H2,1-2H3. The summed E-state index contributed by atoms with van der Waals surface area (Å²) in [6, 6.07) is 6.31. The topological polar surface area (TPSA) is 43.4 Å². The molecule has 0 spiro atoms. The maximum atomic E-state index is 11.1. The third kappa shape index (κ3) is 6.84. The van der Waals surface area contributed by atoms with E-state index >= 15 is 0 Å². The molecule has 0 aliphatic rings. The van der Waals surface area contributed by atoms with Crippen LogP contribution in [0, 0.1) is 0 Å². The van der Waals surface area contributed by atoms with Crippen LogP contribution >= 0.6 is 0 Å². The van der Waals surface area contributed by atoms with Crippen LogP contribution in [0.3, 0.4) is 0 Å².